The number of nitrogens with zero attached hydrogens (tertiary/aromatic N) is 2. The molecule has 2 heterocycles. The van der Waals surface area contributed by atoms with E-state index in [0.717, 1.165) is 37.1 Å². The molecule has 2 atom stereocenters. The SMILES string of the molecule is Cc1cccc(F)c1C(=O)N1CCC[C@H](C(=O)Nc2cccc(C(C)(C)C)c2)[C@@H]1c1ccc(C(=O)N2CCCC2)cc1. The van der Waals surface area contributed by atoms with Gasteiger partial charge in [-0.25, -0.2) is 4.39 Å². The molecule has 6 nitrogen and oxygen atoms in total. The smallest absolute Gasteiger partial charge is 0.257 e. The van der Waals surface area contributed by atoms with E-state index in [4.69, 9.17) is 0 Å². The Labute approximate surface area is 247 Å². The highest BCUT2D eigenvalue weighted by atomic mass is 19.1. The highest BCUT2D eigenvalue weighted by Gasteiger charge is 2.40. The average Bonchev–Trinajstić information content (AvgIpc) is 3.51. The van der Waals surface area contributed by atoms with E-state index in [1.807, 2.05) is 41.3 Å². The van der Waals surface area contributed by atoms with Crippen LogP contribution in [0.3, 0.4) is 0 Å². The Balaban J connectivity index is 1.49. The zero-order valence-electron chi connectivity index (χ0n) is 25.0. The summed E-state index contributed by atoms with van der Waals surface area (Å²) in [6.45, 7) is 10.00. The highest BCUT2D eigenvalue weighted by molar-refractivity contribution is 5.98. The number of anilines is 1. The number of piperidine rings is 1. The van der Waals surface area contributed by atoms with E-state index in [1.165, 1.54) is 6.07 Å². The molecule has 0 spiro atoms. The van der Waals surface area contributed by atoms with Crippen LogP contribution in [0.2, 0.25) is 0 Å². The summed E-state index contributed by atoms with van der Waals surface area (Å²) in [7, 11) is 0. The molecule has 2 aliphatic heterocycles. The number of carbonyl (C=O) groups excluding carboxylic acids is 3. The van der Waals surface area contributed by atoms with Crippen molar-refractivity contribution in [2.45, 2.75) is 64.8 Å². The van der Waals surface area contributed by atoms with Gasteiger partial charge in [0.25, 0.3) is 11.8 Å². The zero-order chi connectivity index (χ0) is 30.0. The number of amides is 3. The Hall–Kier alpha value is -4.00. The topological polar surface area (TPSA) is 69.7 Å². The van der Waals surface area contributed by atoms with Crippen LogP contribution in [0.25, 0.3) is 0 Å². The third kappa shape index (κ3) is 6.10. The number of hydrogen-bond donors (Lipinski definition) is 1. The number of hydrogen-bond acceptors (Lipinski definition) is 3. The van der Waals surface area contributed by atoms with Gasteiger partial charge in [0.05, 0.1) is 17.5 Å². The molecule has 0 bridgehead atoms. The number of aryl methyl sites for hydroxylation is 1. The van der Waals surface area contributed by atoms with E-state index in [9.17, 15) is 18.8 Å². The summed E-state index contributed by atoms with van der Waals surface area (Å²) in [5.74, 6) is -1.76. The molecule has 42 heavy (non-hydrogen) atoms. The second kappa shape index (κ2) is 12.1. The van der Waals surface area contributed by atoms with Gasteiger partial charge in [0, 0.05) is 30.9 Å². The van der Waals surface area contributed by atoms with Gasteiger partial charge in [-0.15, -0.1) is 0 Å². The monoisotopic (exact) mass is 569 g/mol. The number of nitrogens with one attached hydrogen (secondary N) is 1. The van der Waals surface area contributed by atoms with Crippen molar-refractivity contribution in [2.24, 2.45) is 5.92 Å². The second-order valence-electron chi connectivity index (χ2n) is 12.6. The van der Waals surface area contributed by atoms with Crippen LogP contribution < -0.4 is 5.32 Å². The van der Waals surface area contributed by atoms with Crippen molar-refractivity contribution in [3.63, 3.8) is 0 Å². The lowest BCUT2D eigenvalue weighted by atomic mass is 9.82. The Bertz CT molecular complexity index is 1450. The predicted molar refractivity (Wildman–Crippen MR) is 163 cm³/mol. The molecule has 2 fully saturated rings. The Morgan fingerprint density at radius 2 is 1.55 bits per heavy atom. The Morgan fingerprint density at radius 1 is 0.857 bits per heavy atom. The number of benzene rings is 3. The largest absolute Gasteiger partial charge is 0.339 e. The summed E-state index contributed by atoms with van der Waals surface area (Å²) < 4.78 is 15.0. The van der Waals surface area contributed by atoms with Crippen LogP contribution in [0, 0.1) is 18.7 Å². The summed E-state index contributed by atoms with van der Waals surface area (Å²) in [4.78, 5) is 44.4. The number of carbonyl (C=O) groups is 3. The van der Waals surface area contributed by atoms with E-state index in [1.54, 1.807) is 36.1 Å². The molecule has 0 aliphatic carbocycles. The van der Waals surface area contributed by atoms with E-state index in [-0.39, 0.29) is 22.8 Å². The van der Waals surface area contributed by atoms with Crippen LogP contribution in [-0.4, -0.2) is 47.2 Å². The molecule has 3 aromatic carbocycles. The summed E-state index contributed by atoms with van der Waals surface area (Å²) >= 11 is 0. The Morgan fingerprint density at radius 3 is 2.21 bits per heavy atom. The summed E-state index contributed by atoms with van der Waals surface area (Å²) in [5.41, 5.74) is 3.64. The van der Waals surface area contributed by atoms with E-state index in [0.29, 0.717) is 36.2 Å². The van der Waals surface area contributed by atoms with E-state index < -0.39 is 23.7 Å². The molecule has 0 aromatic heterocycles. The summed E-state index contributed by atoms with van der Waals surface area (Å²) in [6, 6.07) is 19.1. The first kappa shape index (κ1) is 29.5. The van der Waals surface area contributed by atoms with Crippen molar-refractivity contribution in [3.8, 4) is 0 Å². The van der Waals surface area contributed by atoms with Crippen LogP contribution in [0.5, 0.6) is 0 Å². The normalized spacial score (nSPS) is 19.1. The highest BCUT2D eigenvalue weighted by Crippen LogP contribution is 2.39. The molecular formula is C35H40FN3O3. The second-order valence-corrected chi connectivity index (χ2v) is 12.6. The van der Waals surface area contributed by atoms with E-state index in [2.05, 4.69) is 26.1 Å². The third-order valence-corrected chi connectivity index (χ3v) is 8.55. The fourth-order valence-electron chi connectivity index (χ4n) is 6.18. The van der Waals surface area contributed by atoms with Crippen LogP contribution in [0.15, 0.2) is 66.7 Å². The van der Waals surface area contributed by atoms with Crippen molar-refractivity contribution >= 4 is 23.4 Å². The first-order valence-electron chi connectivity index (χ1n) is 14.9. The minimum Gasteiger partial charge on any atom is -0.339 e. The molecule has 3 amide bonds. The van der Waals surface area contributed by atoms with Crippen LogP contribution >= 0.6 is 0 Å². The molecule has 3 aromatic rings. The summed E-state index contributed by atoms with van der Waals surface area (Å²) in [6.07, 6.45) is 3.20. The van der Waals surface area contributed by atoms with Crippen LogP contribution in [0.1, 0.15) is 89.9 Å². The van der Waals surface area contributed by atoms with Gasteiger partial charge in [-0.2, -0.15) is 0 Å². The Kier molecular flexibility index (Phi) is 8.48. The minimum atomic E-state index is -0.619. The molecule has 5 rings (SSSR count). The van der Waals surface area contributed by atoms with Gasteiger partial charge < -0.3 is 15.1 Å². The number of rotatable bonds is 5. The average molecular weight is 570 g/mol. The fourth-order valence-corrected chi connectivity index (χ4v) is 6.18. The van der Waals surface area contributed by atoms with Gasteiger partial charge in [-0.05, 0) is 85.0 Å². The molecule has 0 radical (unpaired) electrons. The van der Waals surface area contributed by atoms with Crippen molar-refractivity contribution in [3.05, 3.63) is 100 Å². The first-order valence-corrected chi connectivity index (χ1v) is 14.9. The standard InChI is InChI=1S/C35H40FN3O3/c1-23-10-7-14-29(36)30(23)34(42)39-21-9-13-28(32(40)37-27-12-8-11-26(22-27)35(2,3)4)31(39)24-15-17-25(18-16-24)33(41)38-19-5-6-20-38/h7-8,10-12,14-18,22,28,31H,5-6,9,13,19-21H2,1-4H3,(H,37,40)/t28-,31-/m0/s1. The lowest BCUT2D eigenvalue weighted by molar-refractivity contribution is -0.123. The van der Waals surface area contributed by atoms with Crippen molar-refractivity contribution in [1.82, 2.24) is 9.80 Å². The van der Waals surface area contributed by atoms with Gasteiger partial charge in [0.2, 0.25) is 5.91 Å². The van der Waals surface area contributed by atoms with Gasteiger partial charge >= 0.3 is 0 Å². The maximum atomic E-state index is 15.0. The molecule has 220 valence electrons. The molecule has 2 aliphatic rings. The molecule has 2 saturated heterocycles. The zero-order valence-corrected chi connectivity index (χ0v) is 25.0. The van der Waals surface area contributed by atoms with Crippen LogP contribution in [0.4, 0.5) is 10.1 Å². The molecule has 7 heteroatoms. The lowest BCUT2D eigenvalue weighted by Crippen LogP contribution is -2.46. The number of halogens is 1. The number of likely N-dealkylation sites (tertiary alicyclic amines) is 2. The van der Waals surface area contributed by atoms with Crippen molar-refractivity contribution in [2.75, 3.05) is 25.0 Å². The van der Waals surface area contributed by atoms with Gasteiger partial charge in [0.1, 0.15) is 5.82 Å². The minimum absolute atomic E-state index is 0.00867. The van der Waals surface area contributed by atoms with Crippen molar-refractivity contribution in [1.29, 1.82) is 0 Å². The molecular weight excluding hydrogens is 529 g/mol. The van der Waals surface area contributed by atoms with Crippen molar-refractivity contribution < 1.29 is 18.8 Å². The van der Waals surface area contributed by atoms with Gasteiger partial charge in [-0.1, -0.05) is 57.2 Å². The quantitative estimate of drug-likeness (QED) is 0.363. The molecule has 0 saturated carbocycles. The lowest BCUT2D eigenvalue weighted by Gasteiger charge is -2.41. The molecule has 1 N–H and O–H groups in total. The van der Waals surface area contributed by atoms with E-state index >= 15 is 0 Å². The fraction of sp³-hybridized carbons (Fsp3) is 0.400. The predicted octanol–water partition coefficient (Wildman–Crippen LogP) is 6.90. The maximum Gasteiger partial charge on any atom is 0.257 e. The van der Waals surface area contributed by atoms with Gasteiger partial charge in [-0.3, -0.25) is 14.4 Å². The summed E-state index contributed by atoms with van der Waals surface area (Å²) in [5, 5.41) is 3.10. The molecule has 0 unspecified atom stereocenters. The van der Waals surface area contributed by atoms with Gasteiger partial charge in [0.15, 0.2) is 0 Å². The third-order valence-electron chi connectivity index (χ3n) is 8.55. The first-order chi connectivity index (χ1) is 20.0. The van der Waals surface area contributed by atoms with Crippen LogP contribution in [-0.2, 0) is 10.2 Å². The maximum absolute atomic E-state index is 15.0.